The number of carbonyl (C=O) groups is 2. The highest BCUT2D eigenvalue weighted by atomic mass is 16.5. The van der Waals surface area contributed by atoms with E-state index in [0.29, 0.717) is 11.7 Å². The van der Waals surface area contributed by atoms with Gasteiger partial charge in [0.15, 0.2) is 18.1 Å². The summed E-state index contributed by atoms with van der Waals surface area (Å²) in [6.07, 6.45) is 0.785. The smallest absolute Gasteiger partial charge is 0.342 e. The average molecular weight is 385 g/mol. The molecule has 28 heavy (non-hydrogen) atoms. The maximum atomic E-state index is 12.4. The zero-order valence-electron chi connectivity index (χ0n) is 16.7. The number of hydrogen-bond donors (Lipinski definition) is 1. The molecule has 150 valence electrons. The molecule has 1 amide bonds. The molecule has 2 aromatic rings. The predicted molar refractivity (Wildman–Crippen MR) is 107 cm³/mol. The van der Waals surface area contributed by atoms with E-state index in [2.05, 4.69) is 19.2 Å². The van der Waals surface area contributed by atoms with Crippen molar-refractivity contribution in [3.05, 3.63) is 59.7 Å². The standard InChI is InChI=1S/C22H27NO5/c1-15(2)13-18(16-9-6-5-7-10-16)23-20(24)14-28-22(25)17-11-8-12-19(26-3)21(17)27-4/h5-12,15,18H,13-14H2,1-4H3,(H,23,24)/t18-/m0/s1. The number of rotatable bonds is 9. The summed E-state index contributed by atoms with van der Waals surface area (Å²) in [7, 11) is 2.93. The monoisotopic (exact) mass is 385 g/mol. The van der Waals surface area contributed by atoms with Gasteiger partial charge in [-0.05, 0) is 30.0 Å². The van der Waals surface area contributed by atoms with E-state index in [4.69, 9.17) is 14.2 Å². The molecule has 6 heteroatoms. The van der Waals surface area contributed by atoms with Gasteiger partial charge in [-0.25, -0.2) is 4.79 Å². The molecular formula is C22H27NO5. The van der Waals surface area contributed by atoms with Crippen molar-refractivity contribution in [1.29, 1.82) is 0 Å². The van der Waals surface area contributed by atoms with Gasteiger partial charge in [-0.3, -0.25) is 4.79 Å². The molecule has 0 spiro atoms. The zero-order valence-corrected chi connectivity index (χ0v) is 16.7. The number of carbonyl (C=O) groups excluding carboxylic acids is 2. The van der Waals surface area contributed by atoms with Crippen LogP contribution in [0.4, 0.5) is 0 Å². The zero-order chi connectivity index (χ0) is 20.5. The Labute approximate surface area is 165 Å². The molecule has 0 radical (unpaired) electrons. The average Bonchev–Trinajstić information content (AvgIpc) is 2.71. The first kappa shape index (κ1) is 21.3. The molecule has 0 bridgehead atoms. The number of para-hydroxylation sites is 1. The summed E-state index contributed by atoms with van der Waals surface area (Å²) in [6, 6.07) is 14.5. The van der Waals surface area contributed by atoms with E-state index in [0.717, 1.165) is 12.0 Å². The molecule has 0 unspecified atom stereocenters. The molecular weight excluding hydrogens is 358 g/mol. The lowest BCUT2D eigenvalue weighted by Gasteiger charge is -2.21. The molecule has 2 rings (SSSR count). The van der Waals surface area contributed by atoms with E-state index >= 15 is 0 Å². The van der Waals surface area contributed by atoms with Crippen molar-refractivity contribution in [2.45, 2.75) is 26.3 Å². The molecule has 6 nitrogen and oxygen atoms in total. The maximum Gasteiger partial charge on any atom is 0.342 e. The van der Waals surface area contributed by atoms with Gasteiger partial charge < -0.3 is 19.5 Å². The van der Waals surface area contributed by atoms with Crippen molar-refractivity contribution < 1.29 is 23.8 Å². The van der Waals surface area contributed by atoms with Crippen LogP contribution >= 0.6 is 0 Å². The van der Waals surface area contributed by atoms with Crippen LogP contribution < -0.4 is 14.8 Å². The quantitative estimate of drug-likeness (QED) is 0.665. The number of nitrogens with one attached hydrogen (secondary N) is 1. The first-order valence-corrected chi connectivity index (χ1v) is 9.18. The molecule has 0 fully saturated rings. The van der Waals surface area contributed by atoms with Crippen LogP contribution in [-0.2, 0) is 9.53 Å². The Hall–Kier alpha value is -3.02. The van der Waals surface area contributed by atoms with Gasteiger partial charge in [0.1, 0.15) is 5.56 Å². The topological polar surface area (TPSA) is 73.9 Å². The second kappa shape index (κ2) is 10.3. The Morgan fingerprint density at radius 3 is 2.29 bits per heavy atom. The molecule has 0 aliphatic rings. The Kier molecular flexibility index (Phi) is 7.87. The predicted octanol–water partition coefficient (Wildman–Crippen LogP) is 3.76. The van der Waals surface area contributed by atoms with E-state index in [9.17, 15) is 9.59 Å². The van der Waals surface area contributed by atoms with E-state index in [-0.39, 0.29) is 29.9 Å². The first-order valence-electron chi connectivity index (χ1n) is 9.18. The van der Waals surface area contributed by atoms with Crippen LogP contribution in [0.15, 0.2) is 48.5 Å². The van der Waals surface area contributed by atoms with Crippen LogP contribution in [0.2, 0.25) is 0 Å². The fraction of sp³-hybridized carbons (Fsp3) is 0.364. The SMILES string of the molecule is COc1cccc(C(=O)OCC(=O)N[C@@H](CC(C)C)c2ccccc2)c1OC. The Morgan fingerprint density at radius 2 is 1.68 bits per heavy atom. The van der Waals surface area contributed by atoms with Gasteiger partial charge in [0.25, 0.3) is 5.91 Å². The van der Waals surface area contributed by atoms with Gasteiger partial charge >= 0.3 is 5.97 Å². The van der Waals surface area contributed by atoms with E-state index in [1.165, 1.54) is 14.2 Å². The molecule has 0 aromatic heterocycles. The van der Waals surface area contributed by atoms with Crippen molar-refractivity contribution in [2.24, 2.45) is 5.92 Å². The Bertz CT molecular complexity index is 789. The number of amides is 1. The minimum atomic E-state index is -0.647. The third kappa shape index (κ3) is 5.74. The fourth-order valence-electron chi connectivity index (χ4n) is 2.93. The number of benzene rings is 2. The lowest BCUT2D eigenvalue weighted by Crippen LogP contribution is -2.33. The normalized spacial score (nSPS) is 11.6. The highest BCUT2D eigenvalue weighted by Gasteiger charge is 2.20. The summed E-state index contributed by atoms with van der Waals surface area (Å²) in [4.78, 5) is 24.8. The Balaban J connectivity index is 2.02. The summed E-state index contributed by atoms with van der Waals surface area (Å²) in [6.45, 7) is 3.81. The molecule has 0 heterocycles. The highest BCUT2D eigenvalue weighted by Crippen LogP contribution is 2.31. The second-order valence-corrected chi connectivity index (χ2v) is 6.78. The van der Waals surface area contributed by atoms with E-state index in [1.807, 2.05) is 30.3 Å². The molecule has 1 atom stereocenters. The number of hydrogen-bond acceptors (Lipinski definition) is 5. The number of ether oxygens (including phenoxy) is 3. The molecule has 2 aromatic carbocycles. The third-order valence-corrected chi connectivity index (χ3v) is 4.20. The van der Waals surface area contributed by atoms with Gasteiger partial charge in [-0.15, -0.1) is 0 Å². The highest BCUT2D eigenvalue weighted by molar-refractivity contribution is 5.95. The Morgan fingerprint density at radius 1 is 0.964 bits per heavy atom. The minimum absolute atomic E-state index is 0.140. The van der Waals surface area contributed by atoms with Crippen LogP contribution in [0.25, 0.3) is 0 Å². The first-order chi connectivity index (χ1) is 13.5. The summed E-state index contributed by atoms with van der Waals surface area (Å²) in [5, 5.41) is 2.95. The van der Waals surface area contributed by atoms with Gasteiger partial charge in [0.05, 0.1) is 20.3 Å². The summed E-state index contributed by atoms with van der Waals surface area (Å²) in [5.74, 6) is 0.0877. The summed E-state index contributed by atoms with van der Waals surface area (Å²) < 4.78 is 15.6. The molecule has 0 aliphatic heterocycles. The van der Waals surface area contributed by atoms with Crippen LogP contribution in [0.1, 0.15) is 42.2 Å². The number of methoxy groups -OCH3 is 2. The van der Waals surface area contributed by atoms with Gasteiger partial charge in [0.2, 0.25) is 0 Å². The van der Waals surface area contributed by atoms with Crippen LogP contribution in [0.5, 0.6) is 11.5 Å². The maximum absolute atomic E-state index is 12.4. The number of esters is 1. The van der Waals surface area contributed by atoms with Crippen LogP contribution in [-0.4, -0.2) is 32.7 Å². The van der Waals surface area contributed by atoms with Crippen molar-refractivity contribution >= 4 is 11.9 Å². The molecule has 1 N–H and O–H groups in total. The van der Waals surface area contributed by atoms with Gasteiger partial charge in [-0.1, -0.05) is 50.2 Å². The summed E-state index contributed by atoms with van der Waals surface area (Å²) in [5.41, 5.74) is 1.22. The van der Waals surface area contributed by atoms with Gasteiger partial charge in [0, 0.05) is 0 Å². The van der Waals surface area contributed by atoms with Crippen molar-refractivity contribution in [3.8, 4) is 11.5 Å². The lowest BCUT2D eigenvalue weighted by molar-refractivity contribution is -0.125. The van der Waals surface area contributed by atoms with E-state index < -0.39 is 5.97 Å². The van der Waals surface area contributed by atoms with Crippen LogP contribution in [0, 0.1) is 5.92 Å². The second-order valence-electron chi connectivity index (χ2n) is 6.78. The minimum Gasteiger partial charge on any atom is -0.493 e. The van der Waals surface area contributed by atoms with Gasteiger partial charge in [-0.2, -0.15) is 0 Å². The molecule has 0 saturated carbocycles. The van der Waals surface area contributed by atoms with Crippen molar-refractivity contribution in [1.82, 2.24) is 5.32 Å². The fourth-order valence-corrected chi connectivity index (χ4v) is 2.93. The third-order valence-electron chi connectivity index (χ3n) is 4.20. The molecule has 0 saturated heterocycles. The van der Waals surface area contributed by atoms with Crippen LogP contribution in [0.3, 0.4) is 0 Å². The van der Waals surface area contributed by atoms with E-state index in [1.54, 1.807) is 18.2 Å². The van der Waals surface area contributed by atoms with Crippen molar-refractivity contribution in [3.63, 3.8) is 0 Å². The largest absolute Gasteiger partial charge is 0.493 e. The lowest BCUT2D eigenvalue weighted by atomic mass is 9.97. The summed E-state index contributed by atoms with van der Waals surface area (Å²) >= 11 is 0. The van der Waals surface area contributed by atoms with Crippen molar-refractivity contribution in [2.75, 3.05) is 20.8 Å². The molecule has 0 aliphatic carbocycles.